The number of nitrogens with one attached hydrogen (secondary N) is 2. The normalized spacial score (nSPS) is 13.6. The highest BCUT2D eigenvalue weighted by Gasteiger charge is 2.26. The highest BCUT2D eigenvalue weighted by molar-refractivity contribution is 5.97. The molecule has 0 aliphatic carbocycles. The molecule has 21 heavy (non-hydrogen) atoms. The van der Waals surface area contributed by atoms with Gasteiger partial charge >= 0.3 is 0 Å². The number of imidazole rings is 1. The van der Waals surface area contributed by atoms with Gasteiger partial charge in [-0.2, -0.15) is 0 Å². The van der Waals surface area contributed by atoms with Gasteiger partial charge in [0.2, 0.25) is 0 Å². The molecular formula is C15H24N4O2. The van der Waals surface area contributed by atoms with Crippen LogP contribution in [0.4, 0.5) is 0 Å². The molecule has 0 aromatic carbocycles. The Balaban J connectivity index is 2.27. The van der Waals surface area contributed by atoms with Gasteiger partial charge in [0, 0.05) is 19.6 Å². The number of fused-ring (bicyclic) bond motifs is 1. The third kappa shape index (κ3) is 3.43. The summed E-state index contributed by atoms with van der Waals surface area (Å²) >= 11 is 0. The highest BCUT2D eigenvalue weighted by Crippen LogP contribution is 2.21. The van der Waals surface area contributed by atoms with Gasteiger partial charge in [-0.25, -0.2) is 4.98 Å². The van der Waals surface area contributed by atoms with E-state index in [9.17, 15) is 9.59 Å². The van der Waals surface area contributed by atoms with Crippen LogP contribution in [0.15, 0.2) is 0 Å². The number of carbonyl (C=O) groups excluding carboxylic acids is 2. The molecule has 0 saturated heterocycles. The van der Waals surface area contributed by atoms with E-state index in [1.807, 2.05) is 18.4 Å². The van der Waals surface area contributed by atoms with Crippen LogP contribution in [0.3, 0.4) is 0 Å². The zero-order valence-electron chi connectivity index (χ0n) is 12.9. The molecule has 0 bridgehead atoms. The van der Waals surface area contributed by atoms with Gasteiger partial charge in [0.1, 0.15) is 5.69 Å². The molecule has 2 rings (SSSR count). The lowest BCUT2D eigenvalue weighted by atomic mass is 10.1. The van der Waals surface area contributed by atoms with Gasteiger partial charge in [0.15, 0.2) is 5.82 Å². The summed E-state index contributed by atoms with van der Waals surface area (Å²) in [5.41, 5.74) is 1.32. The van der Waals surface area contributed by atoms with Crippen LogP contribution in [-0.4, -0.2) is 34.5 Å². The minimum Gasteiger partial charge on any atom is -0.351 e. The van der Waals surface area contributed by atoms with Crippen LogP contribution in [0.1, 0.15) is 66.3 Å². The zero-order valence-corrected chi connectivity index (χ0v) is 12.9. The first-order chi connectivity index (χ1) is 10.2. The van der Waals surface area contributed by atoms with Gasteiger partial charge in [0.25, 0.3) is 11.8 Å². The van der Waals surface area contributed by atoms with Gasteiger partial charge in [-0.1, -0.05) is 13.8 Å². The van der Waals surface area contributed by atoms with E-state index in [-0.39, 0.29) is 11.8 Å². The topological polar surface area (TPSA) is 76.0 Å². The maximum Gasteiger partial charge on any atom is 0.287 e. The van der Waals surface area contributed by atoms with Crippen LogP contribution in [0.2, 0.25) is 0 Å². The number of hydrogen-bond acceptors (Lipinski definition) is 3. The van der Waals surface area contributed by atoms with Crippen LogP contribution in [0.25, 0.3) is 0 Å². The largest absolute Gasteiger partial charge is 0.351 e. The van der Waals surface area contributed by atoms with Crippen molar-refractivity contribution in [2.45, 2.75) is 52.5 Å². The summed E-state index contributed by atoms with van der Waals surface area (Å²) in [7, 11) is 0. The molecule has 6 nitrogen and oxygen atoms in total. The summed E-state index contributed by atoms with van der Waals surface area (Å²) in [6, 6.07) is 0. The number of nitrogens with zero attached hydrogens (tertiary/aromatic N) is 2. The van der Waals surface area contributed by atoms with Crippen LogP contribution in [0.5, 0.6) is 0 Å². The van der Waals surface area contributed by atoms with Crippen LogP contribution >= 0.6 is 0 Å². The number of aromatic nitrogens is 2. The summed E-state index contributed by atoms with van der Waals surface area (Å²) in [4.78, 5) is 28.7. The third-order valence-corrected chi connectivity index (χ3v) is 3.61. The van der Waals surface area contributed by atoms with Crippen molar-refractivity contribution in [3.8, 4) is 0 Å². The fraction of sp³-hybridized carbons (Fsp3) is 0.667. The second kappa shape index (κ2) is 7.24. The molecular weight excluding hydrogens is 268 g/mol. The minimum atomic E-state index is -0.186. The van der Waals surface area contributed by atoms with Crippen molar-refractivity contribution in [2.75, 3.05) is 13.1 Å². The first-order valence-corrected chi connectivity index (χ1v) is 7.84. The maximum absolute atomic E-state index is 12.2. The summed E-state index contributed by atoms with van der Waals surface area (Å²) in [5, 5.41) is 5.69. The monoisotopic (exact) mass is 292 g/mol. The predicted octanol–water partition coefficient (Wildman–Crippen LogP) is 1.50. The SMILES string of the molecule is CCCNC(=O)c1nc(C(=O)NCCC)n2c1CCCC2. The maximum atomic E-state index is 12.2. The molecule has 0 spiro atoms. The van der Waals surface area contributed by atoms with Crippen LogP contribution in [0, 0.1) is 0 Å². The van der Waals surface area contributed by atoms with Crippen molar-refractivity contribution >= 4 is 11.8 Å². The molecule has 0 unspecified atom stereocenters. The average molecular weight is 292 g/mol. The number of carbonyl (C=O) groups is 2. The molecule has 1 aliphatic heterocycles. The molecule has 6 heteroatoms. The molecule has 0 atom stereocenters. The molecule has 2 heterocycles. The molecule has 0 radical (unpaired) electrons. The molecule has 0 saturated carbocycles. The fourth-order valence-electron chi connectivity index (χ4n) is 2.54. The lowest BCUT2D eigenvalue weighted by Crippen LogP contribution is -2.28. The Labute approximate surface area is 125 Å². The zero-order chi connectivity index (χ0) is 15.2. The molecule has 1 aromatic heterocycles. The number of hydrogen-bond donors (Lipinski definition) is 2. The molecule has 2 N–H and O–H groups in total. The molecule has 0 fully saturated rings. The summed E-state index contributed by atoms with van der Waals surface area (Å²) < 4.78 is 1.91. The van der Waals surface area contributed by atoms with Crippen LogP contribution < -0.4 is 10.6 Å². The Morgan fingerprint density at radius 2 is 1.76 bits per heavy atom. The van der Waals surface area contributed by atoms with E-state index in [1.54, 1.807) is 0 Å². The van der Waals surface area contributed by atoms with Gasteiger partial charge in [-0.15, -0.1) is 0 Å². The van der Waals surface area contributed by atoms with E-state index >= 15 is 0 Å². The van der Waals surface area contributed by atoms with E-state index in [0.29, 0.717) is 24.6 Å². The van der Waals surface area contributed by atoms with Gasteiger partial charge in [-0.05, 0) is 32.1 Å². The van der Waals surface area contributed by atoms with Crippen molar-refractivity contribution in [1.29, 1.82) is 0 Å². The lowest BCUT2D eigenvalue weighted by molar-refractivity contribution is 0.0937. The van der Waals surface area contributed by atoms with Crippen molar-refractivity contribution < 1.29 is 9.59 Å². The number of amides is 2. The van der Waals surface area contributed by atoms with E-state index in [0.717, 1.165) is 44.3 Å². The smallest absolute Gasteiger partial charge is 0.287 e. The lowest BCUT2D eigenvalue weighted by Gasteiger charge is -2.17. The second-order valence-electron chi connectivity index (χ2n) is 5.35. The molecule has 1 aliphatic rings. The summed E-state index contributed by atoms with van der Waals surface area (Å²) in [5.74, 6) is 0.0198. The molecule has 116 valence electrons. The van der Waals surface area contributed by atoms with Crippen molar-refractivity contribution in [2.24, 2.45) is 0 Å². The first-order valence-electron chi connectivity index (χ1n) is 7.84. The quantitative estimate of drug-likeness (QED) is 0.834. The van der Waals surface area contributed by atoms with E-state index in [2.05, 4.69) is 15.6 Å². The third-order valence-electron chi connectivity index (χ3n) is 3.61. The van der Waals surface area contributed by atoms with Crippen molar-refractivity contribution in [3.05, 3.63) is 17.2 Å². The van der Waals surface area contributed by atoms with E-state index in [4.69, 9.17) is 0 Å². The Bertz CT molecular complexity index is 477. The Kier molecular flexibility index (Phi) is 5.36. The van der Waals surface area contributed by atoms with E-state index < -0.39 is 0 Å². The summed E-state index contributed by atoms with van der Waals surface area (Å²) in [6.45, 7) is 6.02. The second-order valence-corrected chi connectivity index (χ2v) is 5.35. The fourth-order valence-corrected chi connectivity index (χ4v) is 2.54. The highest BCUT2D eigenvalue weighted by atomic mass is 16.2. The predicted molar refractivity (Wildman–Crippen MR) is 80.4 cm³/mol. The van der Waals surface area contributed by atoms with Gasteiger partial charge in [0.05, 0.1) is 5.69 Å². The van der Waals surface area contributed by atoms with E-state index in [1.165, 1.54) is 0 Å². The first kappa shape index (κ1) is 15.5. The molecule has 1 aromatic rings. The Hall–Kier alpha value is -1.85. The average Bonchev–Trinajstić information content (AvgIpc) is 2.90. The Morgan fingerprint density at radius 3 is 2.43 bits per heavy atom. The Morgan fingerprint density at radius 1 is 1.10 bits per heavy atom. The molecule has 2 amide bonds. The minimum absolute atomic E-state index is 0.169. The standard InChI is InChI=1S/C15H24N4O2/c1-3-8-16-14(20)12-11-7-5-6-10-19(11)13(18-12)15(21)17-9-4-2/h3-10H2,1-2H3,(H,16,20)(H,17,21). The van der Waals surface area contributed by atoms with Crippen molar-refractivity contribution in [3.63, 3.8) is 0 Å². The van der Waals surface area contributed by atoms with Gasteiger partial charge < -0.3 is 15.2 Å². The van der Waals surface area contributed by atoms with Crippen molar-refractivity contribution in [1.82, 2.24) is 20.2 Å². The number of rotatable bonds is 6. The van der Waals surface area contributed by atoms with Crippen LogP contribution in [-0.2, 0) is 13.0 Å². The summed E-state index contributed by atoms with van der Waals surface area (Å²) in [6.07, 6.45) is 4.63. The van der Waals surface area contributed by atoms with Gasteiger partial charge in [-0.3, -0.25) is 9.59 Å².